The lowest BCUT2D eigenvalue weighted by Crippen LogP contribution is -2.56. The summed E-state index contributed by atoms with van der Waals surface area (Å²) in [6, 6.07) is 7.33. The van der Waals surface area contributed by atoms with Crippen molar-refractivity contribution in [2.45, 2.75) is 51.1 Å². The molecule has 1 saturated heterocycles. The van der Waals surface area contributed by atoms with Gasteiger partial charge in [-0.3, -0.25) is 15.0 Å². The topological polar surface area (TPSA) is 64.7 Å². The Hall–Kier alpha value is -1.79. The Kier molecular flexibility index (Phi) is 6.96. The summed E-state index contributed by atoms with van der Waals surface area (Å²) in [4.78, 5) is 28.9. The van der Waals surface area contributed by atoms with Crippen molar-refractivity contribution < 1.29 is 9.59 Å². The molecule has 1 aromatic carbocycles. The monoisotopic (exact) mass is 392 g/mol. The number of halogens is 1. The Labute approximate surface area is 166 Å². The van der Waals surface area contributed by atoms with Crippen molar-refractivity contribution in [2.24, 2.45) is 0 Å². The third-order valence-electron chi connectivity index (χ3n) is 5.59. The van der Waals surface area contributed by atoms with Gasteiger partial charge in [-0.15, -0.1) is 0 Å². The number of amides is 3. The summed E-state index contributed by atoms with van der Waals surface area (Å²) in [5.41, 5.74) is 1.10. The highest BCUT2D eigenvalue weighted by atomic mass is 35.5. The van der Waals surface area contributed by atoms with Crippen molar-refractivity contribution in [3.8, 4) is 0 Å². The first-order chi connectivity index (χ1) is 13.0. The highest BCUT2D eigenvalue weighted by molar-refractivity contribution is 6.30. The number of imide groups is 1. The van der Waals surface area contributed by atoms with Crippen molar-refractivity contribution in [3.63, 3.8) is 0 Å². The fourth-order valence-electron chi connectivity index (χ4n) is 3.89. The normalized spacial score (nSPS) is 20.1. The molecule has 148 valence electrons. The van der Waals surface area contributed by atoms with Gasteiger partial charge in [0.2, 0.25) is 5.91 Å². The van der Waals surface area contributed by atoms with Crippen LogP contribution in [0.3, 0.4) is 0 Å². The number of piperazine rings is 1. The van der Waals surface area contributed by atoms with E-state index in [9.17, 15) is 9.59 Å². The lowest BCUT2D eigenvalue weighted by atomic mass is 9.96. The summed E-state index contributed by atoms with van der Waals surface area (Å²) in [6.07, 6.45) is 5.53. The number of urea groups is 1. The van der Waals surface area contributed by atoms with Gasteiger partial charge in [0, 0.05) is 42.9 Å². The molecular weight excluding hydrogens is 364 g/mol. The molecular formula is C20H29ClN4O2. The van der Waals surface area contributed by atoms with Crippen molar-refractivity contribution in [3.05, 3.63) is 29.3 Å². The van der Waals surface area contributed by atoms with Crippen LogP contribution in [0.2, 0.25) is 5.02 Å². The van der Waals surface area contributed by atoms with Crippen LogP contribution in [0, 0.1) is 0 Å². The number of anilines is 1. The average molecular weight is 393 g/mol. The lowest BCUT2D eigenvalue weighted by Gasteiger charge is -2.38. The Morgan fingerprint density at radius 2 is 1.81 bits per heavy atom. The van der Waals surface area contributed by atoms with Gasteiger partial charge in [-0.05, 0) is 38.0 Å². The van der Waals surface area contributed by atoms with E-state index < -0.39 is 0 Å². The van der Waals surface area contributed by atoms with Gasteiger partial charge in [0.1, 0.15) is 0 Å². The van der Waals surface area contributed by atoms with Crippen LogP contribution < -0.4 is 15.5 Å². The largest absolute Gasteiger partial charge is 0.369 e. The second-order valence-corrected chi connectivity index (χ2v) is 7.91. The Morgan fingerprint density at radius 3 is 2.48 bits per heavy atom. The van der Waals surface area contributed by atoms with Gasteiger partial charge in [0.05, 0.1) is 6.04 Å². The zero-order valence-electron chi connectivity index (χ0n) is 15.9. The van der Waals surface area contributed by atoms with E-state index in [0.29, 0.717) is 0 Å². The molecule has 1 unspecified atom stereocenters. The van der Waals surface area contributed by atoms with E-state index in [0.717, 1.165) is 62.6 Å². The molecule has 0 spiro atoms. The molecule has 7 heteroatoms. The maximum atomic E-state index is 12.4. The molecule has 27 heavy (non-hydrogen) atoms. The minimum atomic E-state index is -0.365. The zero-order valence-corrected chi connectivity index (χ0v) is 16.7. The quantitative estimate of drug-likeness (QED) is 0.826. The molecule has 2 N–H and O–H groups in total. The van der Waals surface area contributed by atoms with Crippen molar-refractivity contribution >= 4 is 29.2 Å². The second-order valence-electron chi connectivity index (χ2n) is 7.48. The Bertz CT molecular complexity index is 655. The Morgan fingerprint density at radius 1 is 1.11 bits per heavy atom. The molecule has 2 fully saturated rings. The number of benzene rings is 1. The molecule has 3 amide bonds. The maximum absolute atomic E-state index is 12.4. The van der Waals surface area contributed by atoms with Crippen LogP contribution >= 0.6 is 11.6 Å². The molecule has 1 aliphatic carbocycles. The first-order valence-electron chi connectivity index (χ1n) is 9.89. The standard InChI is InChI=1S/C20H29ClN4O2/c1-15(19(26)23-20(27)22-17-7-3-2-4-8-17)24-10-12-25(13-11-24)18-9-5-6-16(21)14-18/h5-6,9,14-15,17H,2-4,7-8,10-13H2,1H3,(H2,22,23,26,27). The first-order valence-corrected chi connectivity index (χ1v) is 10.3. The van der Waals surface area contributed by atoms with E-state index in [2.05, 4.69) is 20.4 Å². The predicted octanol–water partition coefficient (Wildman–Crippen LogP) is 3.01. The predicted molar refractivity (Wildman–Crippen MR) is 108 cm³/mol. The van der Waals surface area contributed by atoms with E-state index >= 15 is 0 Å². The SMILES string of the molecule is CC(C(=O)NC(=O)NC1CCCCC1)N1CCN(c2cccc(Cl)c2)CC1. The molecule has 0 bridgehead atoms. The molecule has 1 atom stereocenters. The molecule has 2 aliphatic rings. The van der Waals surface area contributed by atoms with Crippen molar-refractivity contribution in [2.75, 3.05) is 31.1 Å². The summed E-state index contributed by atoms with van der Waals surface area (Å²) in [5, 5.41) is 6.17. The van der Waals surface area contributed by atoms with E-state index in [-0.39, 0.29) is 24.0 Å². The third-order valence-corrected chi connectivity index (χ3v) is 5.83. The lowest BCUT2D eigenvalue weighted by molar-refractivity contribution is -0.124. The van der Waals surface area contributed by atoms with E-state index in [1.165, 1.54) is 6.42 Å². The van der Waals surface area contributed by atoms with Crippen LogP contribution in [0.15, 0.2) is 24.3 Å². The maximum Gasteiger partial charge on any atom is 0.321 e. The van der Waals surface area contributed by atoms with Crippen LogP contribution in [-0.4, -0.2) is 55.1 Å². The highest BCUT2D eigenvalue weighted by Gasteiger charge is 2.27. The van der Waals surface area contributed by atoms with Gasteiger partial charge in [-0.2, -0.15) is 0 Å². The summed E-state index contributed by atoms with van der Waals surface area (Å²) in [7, 11) is 0. The molecule has 6 nitrogen and oxygen atoms in total. The number of hydrogen-bond acceptors (Lipinski definition) is 4. The minimum Gasteiger partial charge on any atom is -0.369 e. The second kappa shape index (κ2) is 9.42. The van der Waals surface area contributed by atoms with Gasteiger partial charge in [-0.25, -0.2) is 4.79 Å². The van der Waals surface area contributed by atoms with E-state index in [1.807, 2.05) is 31.2 Å². The first kappa shape index (κ1) is 20.0. The number of nitrogens with zero attached hydrogens (tertiary/aromatic N) is 2. The molecule has 0 radical (unpaired) electrons. The number of carbonyl (C=O) groups is 2. The number of rotatable bonds is 4. The smallest absolute Gasteiger partial charge is 0.321 e. The van der Waals surface area contributed by atoms with Gasteiger partial charge in [-0.1, -0.05) is 36.9 Å². The summed E-state index contributed by atoms with van der Waals surface area (Å²) < 4.78 is 0. The molecule has 1 aromatic rings. The fourth-order valence-corrected chi connectivity index (χ4v) is 4.08. The summed E-state index contributed by atoms with van der Waals surface area (Å²) >= 11 is 6.08. The molecule has 3 rings (SSSR count). The van der Waals surface area contributed by atoms with Crippen LogP contribution in [0.4, 0.5) is 10.5 Å². The zero-order chi connectivity index (χ0) is 19.2. The summed E-state index contributed by atoms with van der Waals surface area (Å²) in [5.74, 6) is -0.237. The van der Waals surface area contributed by atoms with Crippen LogP contribution in [-0.2, 0) is 4.79 Å². The van der Waals surface area contributed by atoms with Gasteiger partial charge in [0.15, 0.2) is 0 Å². The average Bonchev–Trinajstić information content (AvgIpc) is 2.68. The Balaban J connectivity index is 1.44. The van der Waals surface area contributed by atoms with E-state index in [1.54, 1.807) is 0 Å². The molecule has 1 aliphatic heterocycles. The fraction of sp³-hybridized carbons (Fsp3) is 0.600. The number of carbonyl (C=O) groups excluding carboxylic acids is 2. The van der Waals surface area contributed by atoms with Crippen LogP contribution in [0.5, 0.6) is 0 Å². The van der Waals surface area contributed by atoms with Crippen LogP contribution in [0.25, 0.3) is 0 Å². The highest BCUT2D eigenvalue weighted by Crippen LogP contribution is 2.21. The number of hydrogen-bond donors (Lipinski definition) is 2. The van der Waals surface area contributed by atoms with Crippen molar-refractivity contribution in [1.29, 1.82) is 0 Å². The van der Waals surface area contributed by atoms with Crippen molar-refractivity contribution in [1.82, 2.24) is 15.5 Å². The van der Waals surface area contributed by atoms with Crippen LogP contribution in [0.1, 0.15) is 39.0 Å². The molecule has 1 saturated carbocycles. The minimum absolute atomic E-state index is 0.197. The van der Waals surface area contributed by atoms with Gasteiger partial charge in [0.25, 0.3) is 0 Å². The van der Waals surface area contributed by atoms with Gasteiger partial charge < -0.3 is 10.2 Å². The number of nitrogens with one attached hydrogen (secondary N) is 2. The third kappa shape index (κ3) is 5.59. The van der Waals surface area contributed by atoms with Gasteiger partial charge >= 0.3 is 6.03 Å². The molecule has 1 heterocycles. The van der Waals surface area contributed by atoms with E-state index in [4.69, 9.17) is 11.6 Å². The molecule has 0 aromatic heterocycles. The summed E-state index contributed by atoms with van der Waals surface area (Å²) in [6.45, 7) is 5.05.